The van der Waals surface area contributed by atoms with Crippen molar-refractivity contribution < 1.29 is 33.3 Å². The molecule has 38 heavy (non-hydrogen) atoms. The quantitative estimate of drug-likeness (QED) is 0.150. The first-order valence-corrected chi connectivity index (χ1v) is 14.3. The number of hydrogen-bond donors (Lipinski definition) is 2. The van der Waals surface area contributed by atoms with Crippen molar-refractivity contribution >= 4 is 11.7 Å². The van der Waals surface area contributed by atoms with E-state index in [-0.39, 0.29) is 30.1 Å². The van der Waals surface area contributed by atoms with Crippen LogP contribution in [0.1, 0.15) is 54.4 Å². The van der Waals surface area contributed by atoms with E-state index in [2.05, 4.69) is 31.4 Å². The van der Waals surface area contributed by atoms with Gasteiger partial charge >= 0.3 is 0 Å². The van der Waals surface area contributed by atoms with Gasteiger partial charge in [-0.15, -0.1) is 0 Å². The summed E-state index contributed by atoms with van der Waals surface area (Å²) in [6, 6.07) is 0.772. The smallest absolute Gasteiger partial charge is 0.225 e. The molecule has 0 fully saturated rings. The molecule has 2 unspecified atom stereocenters. The molecule has 10 nitrogen and oxygen atoms in total. The second-order valence-electron chi connectivity index (χ2n) is 10.3. The third-order valence-electron chi connectivity index (χ3n) is 5.94. The number of likely N-dealkylation sites (N-methyl/N-ethyl adjacent to an activating group) is 1. The second-order valence-corrected chi connectivity index (χ2v) is 10.3. The van der Waals surface area contributed by atoms with Crippen LogP contribution in [0.25, 0.3) is 0 Å². The van der Waals surface area contributed by atoms with E-state index in [0.29, 0.717) is 78.1 Å². The van der Waals surface area contributed by atoms with Gasteiger partial charge in [0, 0.05) is 50.6 Å². The number of ketones is 1. The summed E-state index contributed by atoms with van der Waals surface area (Å²) in [6.45, 7) is 19.1. The summed E-state index contributed by atoms with van der Waals surface area (Å²) in [4.78, 5) is 25.8. The molecule has 2 N–H and O–H groups in total. The van der Waals surface area contributed by atoms with Gasteiger partial charge in [0.25, 0.3) is 0 Å². The highest BCUT2D eigenvalue weighted by atomic mass is 16.5. The highest BCUT2D eigenvalue weighted by Crippen LogP contribution is 2.11. The maximum atomic E-state index is 12.6. The standard InChI is InChI=1S/C28H57N3O7/c1-23(2)27(32)22-38-21-20-37-19-17-35-14-11-30-26(6)9-8-25(5)28(33)31(7)12-15-36-18-16-34-13-10-29-24(3)4/h23-26,29-30H,8-22H2,1-7H3. The lowest BCUT2D eigenvalue weighted by atomic mass is 10.0. The Morgan fingerprint density at radius 2 is 1.16 bits per heavy atom. The lowest BCUT2D eigenvalue weighted by molar-refractivity contribution is -0.134. The Morgan fingerprint density at radius 1 is 0.658 bits per heavy atom. The van der Waals surface area contributed by atoms with E-state index >= 15 is 0 Å². The van der Waals surface area contributed by atoms with E-state index < -0.39 is 0 Å². The van der Waals surface area contributed by atoms with Crippen molar-refractivity contribution in [2.45, 2.75) is 66.5 Å². The molecule has 0 aromatic rings. The maximum Gasteiger partial charge on any atom is 0.225 e. The molecule has 0 aliphatic rings. The van der Waals surface area contributed by atoms with Gasteiger partial charge in [0.15, 0.2) is 5.78 Å². The third-order valence-corrected chi connectivity index (χ3v) is 5.94. The molecule has 0 saturated heterocycles. The Balaban J connectivity index is 3.61. The summed E-state index contributed by atoms with van der Waals surface area (Å²) in [5.41, 5.74) is 0. The lowest BCUT2D eigenvalue weighted by Crippen LogP contribution is -2.36. The van der Waals surface area contributed by atoms with Crippen LogP contribution in [-0.4, -0.2) is 121 Å². The van der Waals surface area contributed by atoms with Crippen molar-refractivity contribution in [1.82, 2.24) is 15.5 Å². The van der Waals surface area contributed by atoms with Crippen LogP contribution < -0.4 is 10.6 Å². The van der Waals surface area contributed by atoms with Crippen LogP contribution in [0.4, 0.5) is 0 Å². The average molecular weight is 548 g/mol. The predicted octanol–water partition coefficient (Wildman–Crippen LogP) is 2.15. The SMILES string of the molecule is CC(C)NCCOCCOCCN(C)C(=O)C(C)CCC(C)NCCOCCOCCOCC(=O)C(C)C. The number of carbonyl (C=O) groups is 2. The molecule has 0 bridgehead atoms. The minimum Gasteiger partial charge on any atom is -0.378 e. The van der Waals surface area contributed by atoms with Gasteiger partial charge in [-0.25, -0.2) is 0 Å². The van der Waals surface area contributed by atoms with Crippen molar-refractivity contribution in [3.05, 3.63) is 0 Å². The largest absolute Gasteiger partial charge is 0.378 e. The van der Waals surface area contributed by atoms with Crippen LogP contribution in [0.2, 0.25) is 0 Å². The normalized spacial score (nSPS) is 13.3. The Kier molecular flexibility index (Phi) is 24.1. The number of carbonyl (C=O) groups excluding carboxylic acids is 2. The topological polar surface area (TPSA) is 108 Å². The molecule has 0 radical (unpaired) electrons. The Morgan fingerprint density at radius 3 is 1.71 bits per heavy atom. The number of hydrogen-bond acceptors (Lipinski definition) is 9. The van der Waals surface area contributed by atoms with Crippen LogP contribution in [0.15, 0.2) is 0 Å². The minimum atomic E-state index is -0.0260. The summed E-state index contributed by atoms with van der Waals surface area (Å²) >= 11 is 0. The summed E-state index contributed by atoms with van der Waals surface area (Å²) < 4.78 is 27.4. The first-order valence-electron chi connectivity index (χ1n) is 14.3. The van der Waals surface area contributed by atoms with Gasteiger partial charge < -0.3 is 39.2 Å². The van der Waals surface area contributed by atoms with Gasteiger partial charge in [0.1, 0.15) is 6.61 Å². The van der Waals surface area contributed by atoms with Gasteiger partial charge in [-0.1, -0.05) is 34.6 Å². The number of ether oxygens (including phenoxy) is 5. The molecule has 2 atom stereocenters. The third kappa shape index (κ3) is 22.8. The molecule has 0 aromatic heterocycles. The number of nitrogens with zero attached hydrogens (tertiary/aromatic N) is 1. The molecule has 0 rings (SSSR count). The van der Waals surface area contributed by atoms with E-state index in [1.807, 2.05) is 27.8 Å². The van der Waals surface area contributed by atoms with Gasteiger partial charge in [-0.2, -0.15) is 0 Å². The molecule has 0 spiro atoms. The van der Waals surface area contributed by atoms with E-state index in [4.69, 9.17) is 23.7 Å². The zero-order valence-electron chi connectivity index (χ0n) is 25.2. The van der Waals surface area contributed by atoms with Crippen LogP contribution in [-0.2, 0) is 33.3 Å². The fourth-order valence-electron chi connectivity index (χ4n) is 3.31. The van der Waals surface area contributed by atoms with Crippen molar-refractivity contribution in [2.75, 3.05) is 92.8 Å². The Hall–Kier alpha value is -1.14. The van der Waals surface area contributed by atoms with Crippen LogP contribution in [0.3, 0.4) is 0 Å². The summed E-state index contributed by atoms with van der Waals surface area (Å²) in [7, 11) is 1.83. The van der Waals surface area contributed by atoms with Gasteiger partial charge in [0.2, 0.25) is 5.91 Å². The van der Waals surface area contributed by atoms with Crippen LogP contribution >= 0.6 is 0 Å². The highest BCUT2D eigenvalue weighted by molar-refractivity contribution is 5.81. The van der Waals surface area contributed by atoms with E-state index in [0.717, 1.165) is 25.9 Å². The second kappa shape index (κ2) is 24.9. The number of nitrogens with one attached hydrogen (secondary N) is 2. The fraction of sp³-hybridized carbons (Fsp3) is 0.929. The predicted molar refractivity (Wildman–Crippen MR) is 151 cm³/mol. The number of amides is 1. The monoisotopic (exact) mass is 547 g/mol. The number of rotatable bonds is 27. The van der Waals surface area contributed by atoms with E-state index in [9.17, 15) is 9.59 Å². The molecular formula is C28H57N3O7. The molecule has 0 saturated carbocycles. The lowest BCUT2D eigenvalue weighted by Gasteiger charge is -2.22. The molecule has 0 aliphatic heterocycles. The summed E-state index contributed by atoms with van der Waals surface area (Å²) in [5.74, 6) is 0.231. The molecule has 0 aliphatic carbocycles. The molecule has 0 heterocycles. The van der Waals surface area contributed by atoms with E-state index in [1.165, 1.54) is 0 Å². The first-order chi connectivity index (χ1) is 18.1. The molecule has 226 valence electrons. The summed E-state index contributed by atoms with van der Waals surface area (Å²) in [5, 5.41) is 6.74. The Labute approximate surface area is 231 Å². The zero-order valence-corrected chi connectivity index (χ0v) is 25.2. The maximum absolute atomic E-state index is 12.6. The Bertz CT molecular complexity index is 579. The fourth-order valence-corrected chi connectivity index (χ4v) is 3.31. The van der Waals surface area contributed by atoms with Gasteiger partial charge in [-0.3, -0.25) is 9.59 Å². The zero-order chi connectivity index (χ0) is 28.6. The minimum absolute atomic E-state index is 0.00238. The van der Waals surface area contributed by atoms with E-state index in [1.54, 1.807) is 4.90 Å². The van der Waals surface area contributed by atoms with Crippen molar-refractivity contribution in [1.29, 1.82) is 0 Å². The van der Waals surface area contributed by atoms with Crippen LogP contribution in [0, 0.1) is 11.8 Å². The van der Waals surface area contributed by atoms with Crippen molar-refractivity contribution in [3.8, 4) is 0 Å². The molecule has 10 heteroatoms. The molecule has 1 amide bonds. The van der Waals surface area contributed by atoms with Gasteiger partial charge in [-0.05, 0) is 19.8 Å². The highest BCUT2D eigenvalue weighted by Gasteiger charge is 2.18. The molecule has 0 aromatic carbocycles. The number of Topliss-reactive ketones (excluding diaryl/α,β-unsaturated/α-hetero) is 1. The molecular weight excluding hydrogens is 490 g/mol. The van der Waals surface area contributed by atoms with Crippen LogP contribution in [0.5, 0.6) is 0 Å². The first kappa shape index (κ1) is 36.9. The average Bonchev–Trinajstić information content (AvgIpc) is 2.88. The summed E-state index contributed by atoms with van der Waals surface area (Å²) in [6.07, 6.45) is 1.75. The van der Waals surface area contributed by atoms with Crippen molar-refractivity contribution in [3.63, 3.8) is 0 Å². The van der Waals surface area contributed by atoms with Crippen molar-refractivity contribution in [2.24, 2.45) is 11.8 Å². The van der Waals surface area contributed by atoms with Gasteiger partial charge in [0.05, 0.1) is 59.5 Å².